The fraction of sp³-hybridized carbons (Fsp3) is 0.0625. The minimum absolute atomic E-state index is 1.00. The first-order chi connectivity index (χ1) is 15.9. The maximum atomic E-state index is 2.38. The molecule has 0 heteroatoms. The van der Waals surface area contributed by atoms with Gasteiger partial charge in [0.25, 0.3) is 0 Å². The van der Waals surface area contributed by atoms with E-state index in [1.54, 1.807) is 0 Å². The highest BCUT2D eigenvalue weighted by Crippen LogP contribution is 2.39. The third-order valence-electron chi connectivity index (χ3n) is 6.64. The molecule has 32 heavy (non-hydrogen) atoms. The Balaban J connectivity index is 1.52. The van der Waals surface area contributed by atoms with Crippen molar-refractivity contribution < 1.29 is 0 Å². The Morgan fingerprint density at radius 1 is 0.344 bits per heavy atom. The molecule has 0 N–H and O–H groups in total. The molecule has 5 aromatic carbocycles. The molecule has 0 unspecified atom stereocenters. The molecule has 0 fully saturated rings. The summed E-state index contributed by atoms with van der Waals surface area (Å²) in [6, 6.07) is 44.1. The molecule has 6 rings (SSSR count). The van der Waals surface area contributed by atoms with Crippen molar-refractivity contribution in [1.29, 1.82) is 0 Å². The molecule has 0 atom stereocenters. The van der Waals surface area contributed by atoms with E-state index in [0.29, 0.717) is 0 Å². The summed E-state index contributed by atoms with van der Waals surface area (Å²) >= 11 is 0. The van der Waals surface area contributed by atoms with Crippen LogP contribution in [0.3, 0.4) is 0 Å². The predicted molar refractivity (Wildman–Crippen MR) is 135 cm³/mol. The second kappa shape index (κ2) is 7.98. The van der Waals surface area contributed by atoms with Crippen molar-refractivity contribution in [2.45, 2.75) is 12.8 Å². The van der Waals surface area contributed by atoms with Crippen molar-refractivity contribution in [3.05, 3.63) is 144 Å². The van der Waals surface area contributed by atoms with E-state index >= 15 is 0 Å². The van der Waals surface area contributed by atoms with E-state index in [9.17, 15) is 0 Å². The normalized spacial score (nSPS) is 12.1. The molecule has 5 aromatic rings. The SMILES string of the molecule is c1ccc(-c2ccc(-c3cccc4c3Cc3ccccc3C4)cc2-c2ccccc2)cc1. The van der Waals surface area contributed by atoms with E-state index in [0.717, 1.165) is 12.8 Å². The zero-order chi connectivity index (χ0) is 21.3. The maximum Gasteiger partial charge on any atom is -0.00139 e. The van der Waals surface area contributed by atoms with Crippen LogP contribution < -0.4 is 0 Å². The van der Waals surface area contributed by atoms with Crippen LogP contribution in [0, 0.1) is 0 Å². The predicted octanol–water partition coefficient (Wildman–Crippen LogP) is 8.18. The Hall–Kier alpha value is -3.90. The van der Waals surface area contributed by atoms with E-state index < -0.39 is 0 Å². The Morgan fingerprint density at radius 3 is 1.66 bits per heavy atom. The monoisotopic (exact) mass is 408 g/mol. The lowest BCUT2D eigenvalue weighted by atomic mass is 9.81. The van der Waals surface area contributed by atoms with Gasteiger partial charge in [0.2, 0.25) is 0 Å². The van der Waals surface area contributed by atoms with Gasteiger partial charge in [-0.3, -0.25) is 0 Å². The molecular formula is C32H24. The second-order valence-electron chi connectivity index (χ2n) is 8.56. The number of hydrogen-bond acceptors (Lipinski definition) is 0. The first kappa shape index (κ1) is 18.8. The average molecular weight is 409 g/mol. The lowest BCUT2D eigenvalue weighted by molar-refractivity contribution is 1.00. The highest BCUT2D eigenvalue weighted by atomic mass is 14.2. The smallest absolute Gasteiger partial charge is 0.00139 e. The summed E-state index contributed by atoms with van der Waals surface area (Å²) in [6.45, 7) is 0. The summed E-state index contributed by atoms with van der Waals surface area (Å²) in [4.78, 5) is 0. The third kappa shape index (κ3) is 3.35. The van der Waals surface area contributed by atoms with Crippen molar-refractivity contribution >= 4 is 0 Å². The summed E-state index contributed by atoms with van der Waals surface area (Å²) in [5.41, 5.74) is 13.5. The van der Waals surface area contributed by atoms with E-state index in [4.69, 9.17) is 0 Å². The van der Waals surface area contributed by atoms with Crippen LogP contribution in [-0.4, -0.2) is 0 Å². The lowest BCUT2D eigenvalue weighted by Gasteiger charge is -2.23. The zero-order valence-electron chi connectivity index (χ0n) is 18.0. The maximum absolute atomic E-state index is 2.38. The van der Waals surface area contributed by atoms with Gasteiger partial charge in [-0.25, -0.2) is 0 Å². The van der Waals surface area contributed by atoms with Crippen LogP contribution in [0.15, 0.2) is 121 Å². The lowest BCUT2D eigenvalue weighted by Crippen LogP contribution is -2.08. The Kier molecular flexibility index (Phi) is 4.70. The molecule has 0 aliphatic heterocycles. The molecule has 152 valence electrons. The van der Waals surface area contributed by atoms with Crippen LogP contribution in [0.25, 0.3) is 33.4 Å². The number of rotatable bonds is 3. The molecule has 1 aliphatic rings. The number of hydrogen-bond donors (Lipinski definition) is 0. The highest BCUT2D eigenvalue weighted by Gasteiger charge is 2.19. The summed E-state index contributed by atoms with van der Waals surface area (Å²) in [5.74, 6) is 0. The standard InChI is InChI=1S/C32H24/c1-3-10-23(11-4-1)30-19-18-28(22-31(30)24-12-5-2-6-13-24)29-17-9-16-27-20-25-14-7-8-15-26(25)21-32(27)29/h1-19,22H,20-21H2. The van der Waals surface area contributed by atoms with Crippen LogP contribution in [0.1, 0.15) is 22.3 Å². The van der Waals surface area contributed by atoms with Crippen LogP contribution in [0.4, 0.5) is 0 Å². The first-order valence-corrected chi connectivity index (χ1v) is 11.3. The van der Waals surface area contributed by atoms with Gasteiger partial charge in [-0.2, -0.15) is 0 Å². The third-order valence-corrected chi connectivity index (χ3v) is 6.64. The minimum atomic E-state index is 1.00. The number of benzene rings is 5. The molecule has 1 aliphatic carbocycles. The molecule has 0 saturated carbocycles. The quantitative estimate of drug-likeness (QED) is 0.277. The summed E-state index contributed by atoms with van der Waals surface area (Å²) in [6.07, 6.45) is 2.02. The van der Waals surface area contributed by atoms with Crippen LogP contribution >= 0.6 is 0 Å². The summed E-state index contributed by atoms with van der Waals surface area (Å²) in [5, 5.41) is 0. The van der Waals surface area contributed by atoms with Crippen molar-refractivity contribution in [3.63, 3.8) is 0 Å². The van der Waals surface area contributed by atoms with E-state index in [-0.39, 0.29) is 0 Å². The first-order valence-electron chi connectivity index (χ1n) is 11.3. The van der Waals surface area contributed by atoms with Gasteiger partial charge < -0.3 is 0 Å². The van der Waals surface area contributed by atoms with Crippen LogP contribution in [0.2, 0.25) is 0 Å². The topological polar surface area (TPSA) is 0 Å². The van der Waals surface area contributed by atoms with Gasteiger partial charge in [0.1, 0.15) is 0 Å². The molecule has 0 bridgehead atoms. The van der Waals surface area contributed by atoms with Gasteiger partial charge in [0.15, 0.2) is 0 Å². The van der Waals surface area contributed by atoms with Crippen molar-refractivity contribution in [2.75, 3.05) is 0 Å². The Bertz CT molecular complexity index is 1400. The van der Waals surface area contributed by atoms with Gasteiger partial charge in [0, 0.05) is 0 Å². The van der Waals surface area contributed by atoms with Gasteiger partial charge in [-0.1, -0.05) is 115 Å². The molecule has 0 heterocycles. The molecule has 0 aromatic heterocycles. The number of fused-ring (bicyclic) bond motifs is 2. The molecule has 0 radical (unpaired) electrons. The zero-order valence-corrected chi connectivity index (χ0v) is 18.0. The average Bonchev–Trinajstić information content (AvgIpc) is 2.88. The summed E-state index contributed by atoms with van der Waals surface area (Å²) in [7, 11) is 0. The molecule has 0 saturated heterocycles. The fourth-order valence-electron chi connectivity index (χ4n) is 5.02. The Morgan fingerprint density at radius 2 is 0.938 bits per heavy atom. The minimum Gasteiger partial charge on any atom is -0.0622 e. The van der Waals surface area contributed by atoms with Crippen LogP contribution in [0.5, 0.6) is 0 Å². The van der Waals surface area contributed by atoms with Crippen molar-refractivity contribution in [3.8, 4) is 33.4 Å². The highest BCUT2D eigenvalue weighted by molar-refractivity contribution is 5.87. The van der Waals surface area contributed by atoms with Gasteiger partial charge in [-0.15, -0.1) is 0 Å². The molecular weight excluding hydrogens is 384 g/mol. The van der Waals surface area contributed by atoms with Crippen LogP contribution in [-0.2, 0) is 12.8 Å². The van der Waals surface area contributed by atoms with Crippen molar-refractivity contribution in [2.24, 2.45) is 0 Å². The van der Waals surface area contributed by atoms with Gasteiger partial charge in [0.05, 0.1) is 0 Å². The van der Waals surface area contributed by atoms with E-state index in [1.807, 2.05) is 0 Å². The van der Waals surface area contributed by atoms with Gasteiger partial charge >= 0.3 is 0 Å². The largest absolute Gasteiger partial charge is 0.0622 e. The molecule has 0 amide bonds. The van der Waals surface area contributed by atoms with Gasteiger partial charge in [-0.05, 0) is 74.5 Å². The molecule has 0 spiro atoms. The van der Waals surface area contributed by atoms with E-state index in [1.165, 1.54) is 55.6 Å². The van der Waals surface area contributed by atoms with Crippen molar-refractivity contribution in [1.82, 2.24) is 0 Å². The fourth-order valence-corrected chi connectivity index (χ4v) is 5.02. The molecule has 0 nitrogen and oxygen atoms in total. The Labute approximate surface area is 189 Å². The summed E-state index contributed by atoms with van der Waals surface area (Å²) < 4.78 is 0. The second-order valence-corrected chi connectivity index (χ2v) is 8.56. The van der Waals surface area contributed by atoms with E-state index in [2.05, 4.69) is 121 Å².